The van der Waals surface area contributed by atoms with Crippen molar-refractivity contribution in [3.05, 3.63) is 0 Å². The van der Waals surface area contributed by atoms with E-state index in [0.717, 1.165) is 25.7 Å². The molecule has 0 aliphatic heterocycles. The van der Waals surface area contributed by atoms with Crippen molar-refractivity contribution in [2.24, 2.45) is 11.8 Å². The largest absolute Gasteiger partial charge is 0.465 e. The molecule has 2 nitrogen and oxygen atoms in total. The van der Waals surface area contributed by atoms with Crippen LogP contribution in [0.25, 0.3) is 0 Å². The molecule has 0 atom stereocenters. The molecular formula is C11H16O2. The maximum absolute atomic E-state index is 11.3. The van der Waals surface area contributed by atoms with E-state index in [9.17, 15) is 4.79 Å². The van der Waals surface area contributed by atoms with Gasteiger partial charge < -0.3 is 4.74 Å². The zero-order valence-electron chi connectivity index (χ0n) is 8.08. The van der Waals surface area contributed by atoms with Crippen molar-refractivity contribution in [1.29, 1.82) is 0 Å². The molecule has 1 rings (SSSR count). The quantitative estimate of drug-likeness (QED) is 0.376. The molecule has 0 unspecified atom stereocenters. The summed E-state index contributed by atoms with van der Waals surface area (Å²) >= 11 is 0. The SMILES string of the molecule is C#CC1CC(C(=O)OCCCC)C1. The predicted octanol–water partition coefficient (Wildman–Crippen LogP) is 1.99. The van der Waals surface area contributed by atoms with Gasteiger partial charge in [0.05, 0.1) is 12.5 Å². The van der Waals surface area contributed by atoms with Gasteiger partial charge in [0.1, 0.15) is 0 Å². The van der Waals surface area contributed by atoms with Crippen LogP contribution in [0.15, 0.2) is 0 Å². The molecule has 0 N–H and O–H groups in total. The Bertz CT molecular complexity index is 209. The number of rotatable bonds is 4. The van der Waals surface area contributed by atoms with Crippen molar-refractivity contribution in [3.63, 3.8) is 0 Å². The number of terminal acetylenes is 1. The molecule has 0 spiro atoms. The fourth-order valence-corrected chi connectivity index (χ4v) is 1.38. The van der Waals surface area contributed by atoms with Crippen LogP contribution in [0.4, 0.5) is 0 Å². The Morgan fingerprint density at radius 3 is 2.85 bits per heavy atom. The monoisotopic (exact) mass is 180 g/mol. The second-order valence-corrected chi connectivity index (χ2v) is 3.55. The molecule has 0 saturated heterocycles. The highest BCUT2D eigenvalue weighted by Crippen LogP contribution is 2.33. The first-order valence-electron chi connectivity index (χ1n) is 4.90. The van der Waals surface area contributed by atoms with Gasteiger partial charge in [-0.3, -0.25) is 4.79 Å². The maximum atomic E-state index is 11.3. The lowest BCUT2D eigenvalue weighted by Gasteiger charge is -2.29. The fraction of sp³-hybridized carbons (Fsp3) is 0.727. The molecule has 1 aliphatic rings. The van der Waals surface area contributed by atoms with Crippen molar-refractivity contribution in [3.8, 4) is 12.3 Å². The lowest BCUT2D eigenvalue weighted by Crippen LogP contribution is -2.31. The zero-order valence-corrected chi connectivity index (χ0v) is 8.08. The van der Waals surface area contributed by atoms with E-state index in [1.807, 2.05) is 0 Å². The highest BCUT2D eigenvalue weighted by molar-refractivity contribution is 5.73. The minimum Gasteiger partial charge on any atom is -0.465 e. The molecule has 13 heavy (non-hydrogen) atoms. The van der Waals surface area contributed by atoms with Crippen LogP contribution in [0.5, 0.6) is 0 Å². The first kappa shape index (κ1) is 10.1. The van der Waals surface area contributed by atoms with Gasteiger partial charge >= 0.3 is 5.97 Å². The van der Waals surface area contributed by atoms with E-state index in [-0.39, 0.29) is 11.9 Å². The van der Waals surface area contributed by atoms with Crippen LogP contribution in [-0.2, 0) is 9.53 Å². The van der Waals surface area contributed by atoms with Crippen molar-refractivity contribution >= 4 is 5.97 Å². The number of unbranched alkanes of at least 4 members (excludes halogenated alkanes) is 1. The second kappa shape index (κ2) is 4.91. The van der Waals surface area contributed by atoms with Crippen LogP contribution >= 0.6 is 0 Å². The van der Waals surface area contributed by atoms with Gasteiger partial charge in [-0.1, -0.05) is 13.3 Å². The van der Waals surface area contributed by atoms with E-state index in [4.69, 9.17) is 11.2 Å². The van der Waals surface area contributed by atoms with Gasteiger partial charge in [0.2, 0.25) is 0 Å². The highest BCUT2D eigenvalue weighted by Gasteiger charge is 2.34. The van der Waals surface area contributed by atoms with Gasteiger partial charge in [0.15, 0.2) is 0 Å². The molecule has 0 bridgehead atoms. The van der Waals surface area contributed by atoms with Crippen LogP contribution in [-0.4, -0.2) is 12.6 Å². The Kier molecular flexibility index (Phi) is 3.82. The molecule has 1 fully saturated rings. The van der Waals surface area contributed by atoms with Crippen LogP contribution in [0.3, 0.4) is 0 Å². The third-order valence-electron chi connectivity index (χ3n) is 2.45. The Balaban J connectivity index is 2.09. The Morgan fingerprint density at radius 2 is 2.31 bits per heavy atom. The standard InChI is InChI=1S/C11H16O2/c1-3-5-6-13-11(12)10-7-9(4-2)8-10/h2,9-10H,3,5-8H2,1H3. The molecule has 1 aliphatic carbocycles. The molecular weight excluding hydrogens is 164 g/mol. The van der Waals surface area contributed by atoms with Gasteiger partial charge in [-0.05, 0) is 19.3 Å². The lowest BCUT2D eigenvalue weighted by atomic mass is 9.75. The molecule has 1 saturated carbocycles. The van der Waals surface area contributed by atoms with E-state index >= 15 is 0 Å². The molecule has 0 aromatic carbocycles. The van der Waals surface area contributed by atoms with E-state index < -0.39 is 0 Å². The Hall–Kier alpha value is -0.970. The van der Waals surface area contributed by atoms with Gasteiger partial charge in [0, 0.05) is 5.92 Å². The molecule has 2 heteroatoms. The normalized spacial score (nSPS) is 25.8. The van der Waals surface area contributed by atoms with Crippen LogP contribution < -0.4 is 0 Å². The second-order valence-electron chi connectivity index (χ2n) is 3.55. The van der Waals surface area contributed by atoms with Gasteiger partial charge in [-0.2, -0.15) is 0 Å². The number of carbonyl (C=O) groups excluding carboxylic acids is 1. The summed E-state index contributed by atoms with van der Waals surface area (Å²) in [7, 11) is 0. The number of hydrogen-bond donors (Lipinski definition) is 0. The highest BCUT2D eigenvalue weighted by atomic mass is 16.5. The van der Waals surface area contributed by atoms with E-state index in [0.29, 0.717) is 12.5 Å². The molecule has 0 amide bonds. The topological polar surface area (TPSA) is 26.3 Å². The van der Waals surface area contributed by atoms with Crippen LogP contribution in [0.2, 0.25) is 0 Å². The van der Waals surface area contributed by atoms with E-state index in [1.165, 1.54) is 0 Å². The summed E-state index contributed by atoms with van der Waals surface area (Å²) in [4.78, 5) is 11.3. The van der Waals surface area contributed by atoms with Crippen molar-refractivity contribution in [2.75, 3.05) is 6.61 Å². The lowest BCUT2D eigenvalue weighted by molar-refractivity contribution is -0.152. The van der Waals surface area contributed by atoms with Crippen molar-refractivity contribution in [2.45, 2.75) is 32.6 Å². The van der Waals surface area contributed by atoms with Crippen molar-refractivity contribution in [1.82, 2.24) is 0 Å². The number of carbonyl (C=O) groups is 1. The zero-order chi connectivity index (χ0) is 9.68. The minimum absolute atomic E-state index is 0.0556. The molecule has 0 aromatic heterocycles. The Morgan fingerprint density at radius 1 is 1.62 bits per heavy atom. The number of hydrogen-bond acceptors (Lipinski definition) is 2. The van der Waals surface area contributed by atoms with Crippen LogP contribution in [0.1, 0.15) is 32.6 Å². The average molecular weight is 180 g/mol. The third kappa shape index (κ3) is 2.77. The van der Waals surface area contributed by atoms with Gasteiger partial charge in [-0.15, -0.1) is 12.3 Å². The summed E-state index contributed by atoms with van der Waals surface area (Å²) < 4.78 is 5.07. The molecule has 72 valence electrons. The Labute approximate surface area is 79.7 Å². The first-order valence-corrected chi connectivity index (χ1v) is 4.90. The minimum atomic E-state index is -0.0556. The molecule has 0 radical (unpaired) electrons. The summed E-state index contributed by atoms with van der Waals surface area (Å²) in [6.45, 7) is 2.64. The van der Waals surface area contributed by atoms with E-state index in [2.05, 4.69) is 12.8 Å². The molecule has 0 heterocycles. The number of esters is 1. The maximum Gasteiger partial charge on any atom is 0.309 e. The van der Waals surface area contributed by atoms with Gasteiger partial charge in [0.25, 0.3) is 0 Å². The van der Waals surface area contributed by atoms with Gasteiger partial charge in [-0.25, -0.2) is 0 Å². The van der Waals surface area contributed by atoms with Crippen molar-refractivity contribution < 1.29 is 9.53 Å². The predicted molar refractivity (Wildman–Crippen MR) is 50.9 cm³/mol. The number of ether oxygens (including phenoxy) is 1. The average Bonchev–Trinajstić information content (AvgIpc) is 2.03. The fourth-order valence-electron chi connectivity index (χ4n) is 1.38. The third-order valence-corrected chi connectivity index (χ3v) is 2.45. The summed E-state index contributed by atoms with van der Waals surface area (Å²) in [6.07, 6.45) is 8.87. The summed E-state index contributed by atoms with van der Waals surface area (Å²) in [5.74, 6) is 2.98. The summed E-state index contributed by atoms with van der Waals surface area (Å²) in [6, 6.07) is 0. The first-order chi connectivity index (χ1) is 6.27. The smallest absolute Gasteiger partial charge is 0.309 e. The summed E-state index contributed by atoms with van der Waals surface area (Å²) in [5, 5.41) is 0. The van der Waals surface area contributed by atoms with Crippen LogP contribution in [0, 0.1) is 24.2 Å². The summed E-state index contributed by atoms with van der Waals surface area (Å²) in [5.41, 5.74) is 0. The van der Waals surface area contributed by atoms with E-state index in [1.54, 1.807) is 0 Å². The molecule has 0 aromatic rings.